The van der Waals surface area contributed by atoms with Crippen LogP contribution in [0.2, 0.25) is 0 Å². The molecule has 1 aromatic heterocycles. The summed E-state index contributed by atoms with van der Waals surface area (Å²) in [5.41, 5.74) is 5.60. The number of hydrogen-bond donors (Lipinski definition) is 1. The lowest BCUT2D eigenvalue weighted by molar-refractivity contribution is 0.558. The van der Waals surface area contributed by atoms with E-state index in [0.29, 0.717) is 13.1 Å². The summed E-state index contributed by atoms with van der Waals surface area (Å²) in [4.78, 5) is 11.4. The molecule has 0 aliphatic carbocycles. The highest BCUT2D eigenvalue weighted by Gasteiger charge is 2.02. The molecule has 0 aliphatic heterocycles. The Morgan fingerprint density at radius 3 is 2.50 bits per heavy atom. The summed E-state index contributed by atoms with van der Waals surface area (Å²) < 4.78 is 3.29. The monoisotopic (exact) mass is 169 g/mol. The third-order valence-corrected chi connectivity index (χ3v) is 1.74. The summed E-state index contributed by atoms with van der Waals surface area (Å²) >= 11 is 0. The summed E-state index contributed by atoms with van der Waals surface area (Å²) in [6.45, 7) is 5.13. The van der Waals surface area contributed by atoms with Crippen molar-refractivity contribution in [3.05, 3.63) is 22.9 Å². The van der Waals surface area contributed by atoms with Crippen LogP contribution in [0.15, 0.2) is 17.2 Å². The van der Waals surface area contributed by atoms with Gasteiger partial charge in [0.25, 0.3) is 0 Å². The van der Waals surface area contributed by atoms with Crippen LogP contribution in [-0.2, 0) is 13.1 Å². The Morgan fingerprint density at radius 2 is 2.08 bits per heavy atom. The van der Waals surface area contributed by atoms with Gasteiger partial charge >= 0.3 is 5.69 Å². The molecule has 0 aromatic carbocycles. The third kappa shape index (κ3) is 1.76. The van der Waals surface area contributed by atoms with Crippen molar-refractivity contribution in [1.29, 1.82) is 0 Å². The molecule has 1 unspecified atom stereocenters. The van der Waals surface area contributed by atoms with Crippen LogP contribution in [0.1, 0.15) is 13.8 Å². The molecule has 0 amide bonds. The van der Waals surface area contributed by atoms with Crippen LogP contribution in [0.5, 0.6) is 0 Å². The normalized spacial score (nSPS) is 13.2. The van der Waals surface area contributed by atoms with Crippen molar-refractivity contribution >= 4 is 0 Å². The first kappa shape index (κ1) is 9.06. The van der Waals surface area contributed by atoms with E-state index in [-0.39, 0.29) is 11.7 Å². The maximum absolute atomic E-state index is 11.4. The number of imidazole rings is 1. The van der Waals surface area contributed by atoms with Gasteiger partial charge in [-0.15, -0.1) is 0 Å². The topological polar surface area (TPSA) is 52.9 Å². The number of nitrogens with zero attached hydrogens (tertiary/aromatic N) is 2. The first-order valence-corrected chi connectivity index (χ1v) is 4.16. The molecule has 68 valence electrons. The summed E-state index contributed by atoms with van der Waals surface area (Å²) in [5.74, 6) is 0. The summed E-state index contributed by atoms with van der Waals surface area (Å²) in [7, 11) is 0. The van der Waals surface area contributed by atoms with Crippen LogP contribution in [-0.4, -0.2) is 15.2 Å². The summed E-state index contributed by atoms with van der Waals surface area (Å²) in [5, 5.41) is 0. The van der Waals surface area contributed by atoms with Gasteiger partial charge in [0.15, 0.2) is 0 Å². The molecule has 1 aromatic rings. The van der Waals surface area contributed by atoms with Gasteiger partial charge in [-0.3, -0.25) is 9.13 Å². The van der Waals surface area contributed by atoms with Gasteiger partial charge in [-0.2, -0.15) is 0 Å². The van der Waals surface area contributed by atoms with E-state index < -0.39 is 0 Å². The maximum atomic E-state index is 11.4. The van der Waals surface area contributed by atoms with E-state index in [1.807, 2.05) is 13.8 Å². The zero-order chi connectivity index (χ0) is 9.14. The minimum atomic E-state index is 0.0230. The van der Waals surface area contributed by atoms with Gasteiger partial charge in [0.1, 0.15) is 0 Å². The third-order valence-electron chi connectivity index (χ3n) is 1.74. The molecule has 0 radical (unpaired) electrons. The van der Waals surface area contributed by atoms with E-state index in [1.165, 1.54) is 0 Å². The zero-order valence-electron chi connectivity index (χ0n) is 7.53. The molecule has 0 aliphatic rings. The Kier molecular flexibility index (Phi) is 2.70. The second-order valence-electron chi connectivity index (χ2n) is 3.00. The Morgan fingerprint density at radius 1 is 1.50 bits per heavy atom. The van der Waals surface area contributed by atoms with Crippen molar-refractivity contribution in [3.8, 4) is 0 Å². The van der Waals surface area contributed by atoms with Gasteiger partial charge < -0.3 is 5.73 Å². The molecule has 1 atom stereocenters. The van der Waals surface area contributed by atoms with Gasteiger partial charge in [0, 0.05) is 31.5 Å². The molecule has 2 N–H and O–H groups in total. The fourth-order valence-electron chi connectivity index (χ4n) is 1.14. The Labute approximate surface area is 71.6 Å². The fourth-order valence-corrected chi connectivity index (χ4v) is 1.14. The largest absolute Gasteiger partial charge is 0.328 e. The van der Waals surface area contributed by atoms with E-state index in [2.05, 4.69) is 0 Å². The molecular weight excluding hydrogens is 154 g/mol. The van der Waals surface area contributed by atoms with Crippen LogP contribution in [0, 0.1) is 0 Å². The first-order chi connectivity index (χ1) is 5.65. The van der Waals surface area contributed by atoms with Crippen LogP contribution >= 0.6 is 0 Å². The summed E-state index contributed by atoms with van der Waals surface area (Å²) in [6, 6.07) is 0.0235. The predicted molar refractivity (Wildman–Crippen MR) is 48.0 cm³/mol. The van der Waals surface area contributed by atoms with Crippen molar-refractivity contribution in [1.82, 2.24) is 9.13 Å². The number of rotatable bonds is 3. The fraction of sp³-hybridized carbons (Fsp3) is 0.625. The molecule has 12 heavy (non-hydrogen) atoms. The lowest BCUT2D eigenvalue weighted by Gasteiger charge is -2.03. The maximum Gasteiger partial charge on any atom is 0.328 e. The van der Waals surface area contributed by atoms with E-state index in [1.54, 1.807) is 21.5 Å². The van der Waals surface area contributed by atoms with Gasteiger partial charge in [-0.25, -0.2) is 4.79 Å². The molecule has 1 heterocycles. The Hall–Kier alpha value is -1.03. The van der Waals surface area contributed by atoms with Crippen LogP contribution < -0.4 is 11.4 Å². The van der Waals surface area contributed by atoms with E-state index >= 15 is 0 Å². The van der Waals surface area contributed by atoms with E-state index in [0.717, 1.165) is 0 Å². The van der Waals surface area contributed by atoms with Crippen LogP contribution in [0.4, 0.5) is 0 Å². The van der Waals surface area contributed by atoms with Gasteiger partial charge in [0.05, 0.1) is 0 Å². The standard InChI is InChI=1S/C8H15N3O/c1-3-10-4-5-11(8(10)12)6-7(2)9/h4-5,7H,3,6,9H2,1-2H3. The minimum absolute atomic E-state index is 0.0230. The zero-order valence-corrected chi connectivity index (χ0v) is 7.53. The number of nitrogens with two attached hydrogens (primary N) is 1. The molecule has 0 spiro atoms. The molecule has 0 fully saturated rings. The lowest BCUT2D eigenvalue weighted by Crippen LogP contribution is -2.30. The molecule has 0 bridgehead atoms. The van der Waals surface area contributed by atoms with Crippen molar-refractivity contribution in [2.24, 2.45) is 5.73 Å². The van der Waals surface area contributed by atoms with Crippen molar-refractivity contribution < 1.29 is 0 Å². The van der Waals surface area contributed by atoms with Crippen molar-refractivity contribution in [2.45, 2.75) is 33.0 Å². The average Bonchev–Trinajstić information content (AvgIpc) is 2.32. The van der Waals surface area contributed by atoms with Crippen LogP contribution in [0.25, 0.3) is 0 Å². The highest BCUT2D eigenvalue weighted by atomic mass is 16.1. The highest BCUT2D eigenvalue weighted by Crippen LogP contribution is 1.87. The molecular formula is C8H15N3O. The van der Waals surface area contributed by atoms with Gasteiger partial charge in [-0.1, -0.05) is 0 Å². The first-order valence-electron chi connectivity index (χ1n) is 4.16. The predicted octanol–water partition coefficient (Wildman–Crippen LogP) is 0.0169. The Bertz CT molecular complexity index is 297. The molecule has 1 rings (SSSR count). The quantitative estimate of drug-likeness (QED) is 0.693. The second-order valence-corrected chi connectivity index (χ2v) is 3.00. The van der Waals surface area contributed by atoms with Gasteiger partial charge in [-0.05, 0) is 13.8 Å². The minimum Gasteiger partial charge on any atom is -0.326 e. The number of hydrogen-bond acceptors (Lipinski definition) is 2. The molecule has 4 nitrogen and oxygen atoms in total. The lowest BCUT2D eigenvalue weighted by atomic mass is 10.4. The molecule has 0 saturated carbocycles. The van der Waals surface area contributed by atoms with Crippen molar-refractivity contribution in [3.63, 3.8) is 0 Å². The van der Waals surface area contributed by atoms with Gasteiger partial charge in [0.2, 0.25) is 0 Å². The highest BCUT2D eigenvalue weighted by molar-refractivity contribution is 4.81. The smallest absolute Gasteiger partial charge is 0.326 e. The van der Waals surface area contributed by atoms with E-state index in [9.17, 15) is 4.79 Å². The molecule has 4 heteroatoms. The van der Waals surface area contributed by atoms with Crippen LogP contribution in [0.3, 0.4) is 0 Å². The summed E-state index contributed by atoms with van der Waals surface area (Å²) in [6.07, 6.45) is 3.56. The van der Waals surface area contributed by atoms with E-state index in [4.69, 9.17) is 5.73 Å². The Balaban J connectivity index is 2.88. The number of aryl methyl sites for hydroxylation is 1. The number of aromatic nitrogens is 2. The average molecular weight is 169 g/mol. The second kappa shape index (κ2) is 3.58. The van der Waals surface area contributed by atoms with Crippen molar-refractivity contribution in [2.75, 3.05) is 0 Å². The SMILES string of the molecule is CCn1ccn(CC(C)N)c1=O. The molecule has 0 saturated heterocycles.